The number of hydrogen-bond donors (Lipinski definition) is 2. The second-order valence-electron chi connectivity index (χ2n) is 11.2. The maximum Gasteiger partial charge on any atom is 0.311 e. The highest BCUT2D eigenvalue weighted by Crippen LogP contribution is 2.48. The van der Waals surface area contributed by atoms with Crippen molar-refractivity contribution >= 4 is 33.0 Å². The Balaban J connectivity index is 1.79. The van der Waals surface area contributed by atoms with Crippen molar-refractivity contribution in [3.05, 3.63) is 53.1 Å². The molecule has 0 saturated heterocycles. The quantitative estimate of drug-likeness (QED) is 0.463. The number of fused-ring (bicyclic) bond motifs is 5. The smallest absolute Gasteiger partial charge is 0.311 e. The predicted molar refractivity (Wildman–Crippen MR) is 149 cm³/mol. The van der Waals surface area contributed by atoms with E-state index >= 15 is 0 Å². The molecule has 2 aliphatic rings. The number of benzene rings is 2. The number of ether oxygens (including phenoxy) is 1. The van der Waals surface area contributed by atoms with Crippen LogP contribution in [0.5, 0.6) is 5.75 Å². The van der Waals surface area contributed by atoms with Crippen LogP contribution in [0.15, 0.2) is 36.4 Å². The topological polar surface area (TPSA) is 118 Å². The first-order chi connectivity index (χ1) is 18.4. The molecule has 1 aliphatic heterocycles. The summed E-state index contributed by atoms with van der Waals surface area (Å²) in [5.41, 5.74) is 3.86. The van der Waals surface area contributed by atoms with Gasteiger partial charge in [0.1, 0.15) is 5.75 Å². The maximum absolute atomic E-state index is 13.0. The van der Waals surface area contributed by atoms with Crippen LogP contribution in [0.2, 0.25) is 0 Å². The second-order valence-corrected chi connectivity index (χ2v) is 13.1. The number of aliphatic carboxylic acids is 1. The van der Waals surface area contributed by atoms with Gasteiger partial charge in [0.05, 0.1) is 18.2 Å². The van der Waals surface area contributed by atoms with E-state index in [1.54, 1.807) is 26.2 Å². The number of nitrogens with one attached hydrogen (secondary N) is 1. The molecule has 5 rings (SSSR count). The Kier molecular flexibility index (Phi) is 6.97. The Morgan fingerprint density at radius 2 is 1.82 bits per heavy atom. The van der Waals surface area contributed by atoms with E-state index in [-0.39, 0.29) is 12.1 Å². The molecule has 1 fully saturated rings. The van der Waals surface area contributed by atoms with Crippen LogP contribution < -0.4 is 9.46 Å². The molecule has 3 aromatic rings. The molecule has 208 valence electrons. The molecular formula is C29H35N3O6S. The van der Waals surface area contributed by atoms with Crippen molar-refractivity contribution in [2.24, 2.45) is 5.41 Å². The minimum atomic E-state index is -3.97. The SMILES string of the molecule is COc1ccc2c(c1)CC(C)(C(=O)O)Cn1c-2c(C2CCCCC2)c2ccc(C(=O)NS(=O)(=O)N(C)C)cc21. The normalized spacial score (nSPS) is 19.8. The highest BCUT2D eigenvalue weighted by Gasteiger charge is 2.40. The summed E-state index contributed by atoms with van der Waals surface area (Å²) >= 11 is 0. The average Bonchev–Trinajstić information content (AvgIpc) is 3.13. The molecule has 10 heteroatoms. The zero-order chi connectivity index (χ0) is 28.1. The van der Waals surface area contributed by atoms with E-state index < -0.39 is 27.5 Å². The van der Waals surface area contributed by atoms with Crippen molar-refractivity contribution in [3.8, 4) is 17.0 Å². The van der Waals surface area contributed by atoms with Crippen LogP contribution >= 0.6 is 0 Å². The van der Waals surface area contributed by atoms with Crippen molar-refractivity contribution in [3.63, 3.8) is 0 Å². The molecule has 1 aliphatic carbocycles. The summed E-state index contributed by atoms with van der Waals surface area (Å²) < 4.78 is 35.2. The molecule has 1 saturated carbocycles. The van der Waals surface area contributed by atoms with Gasteiger partial charge in [0.15, 0.2) is 0 Å². The molecule has 0 bridgehead atoms. The van der Waals surface area contributed by atoms with Crippen molar-refractivity contribution in [1.82, 2.24) is 13.6 Å². The standard InChI is InChI=1S/C29H35N3O6S/c1-29(28(34)35)16-20-14-21(38-4)11-13-22(20)26-25(18-8-6-5-7-9-18)23-12-10-19(15-24(23)32(26)17-29)27(33)30-39(36,37)31(2)3/h10-15,18H,5-9,16-17H2,1-4H3,(H,30,33)(H,34,35). The van der Waals surface area contributed by atoms with E-state index in [0.717, 1.165) is 57.7 Å². The zero-order valence-corrected chi connectivity index (χ0v) is 23.6. The molecule has 1 aromatic heterocycles. The monoisotopic (exact) mass is 553 g/mol. The third kappa shape index (κ3) is 4.80. The molecule has 9 nitrogen and oxygen atoms in total. The summed E-state index contributed by atoms with van der Waals surface area (Å²) in [6.45, 7) is 1.96. The van der Waals surface area contributed by atoms with Crippen LogP contribution in [0, 0.1) is 5.41 Å². The average molecular weight is 554 g/mol. The summed E-state index contributed by atoms with van der Waals surface area (Å²) in [7, 11) is 0.324. The molecule has 1 atom stereocenters. The van der Waals surface area contributed by atoms with E-state index in [9.17, 15) is 23.1 Å². The fourth-order valence-corrected chi connectivity index (χ4v) is 6.62. The second kappa shape index (κ2) is 9.98. The van der Waals surface area contributed by atoms with Gasteiger partial charge in [-0.15, -0.1) is 0 Å². The van der Waals surface area contributed by atoms with E-state index in [4.69, 9.17) is 4.74 Å². The number of carbonyl (C=O) groups is 2. The molecule has 1 unspecified atom stereocenters. The fraction of sp³-hybridized carbons (Fsp3) is 0.448. The number of hydrogen-bond acceptors (Lipinski definition) is 5. The van der Waals surface area contributed by atoms with Gasteiger partial charge >= 0.3 is 16.2 Å². The summed E-state index contributed by atoms with van der Waals surface area (Å²) in [6, 6.07) is 11.1. The van der Waals surface area contributed by atoms with Crippen LogP contribution in [0.3, 0.4) is 0 Å². The van der Waals surface area contributed by atoms with E-state index in [0.29, 0.717) is 18.1 Å². The number of aromatic nitrogens is 1. The van der Waals surface area contributed by atoms with E-state index in [1.165, 1.54) is 26.1 Å². The molecule has 39 heavy (non-hydrogen) atoms. The number of carboxylic acids is 1. The third-order valence-electron chi connectivity index (χ3n) is 8.25. The molecule has 1 amide bonds. The summed E-state index contributed by atoms with van der Waals surface area (Å²) in [6.07, 6.45) is 5.85. The number of nitrogens with zero attached hydrogens (tertiary/aromatic N) is 2. The van der Waals surface area contributed by atoms with Crippen LogP contribution in [0.1, 0.15) is 66.4 Å². The fourth-order valence-electron chi connectivity index (χ4n) is 6.09. The Morgan fingerprint density at radius 3 is 2.46 bits per heavy atom. The Morgan fingerprint density at radius 1 is 1.10 bits per heavy atom. The third-order valence-corrected chi connectivity index (χ3v) is 9.66. The number of rotatable bonds is 6. The summed E-state index contributed by atoms with van der Waals surface area (Å²) in [4.78, 5) is 25.7. The molecule has 2 N–H and O–H groups in total. The Labute approximate surface area is 228 Å². The van der Waals surface area contributed by atoms with Crippen molar-refractivity contribution in [2.75, 3.05) is 21.2 Å². The lowest BCUT2D eigenvalue weighted by Crippen LogP contribution is -2.39. The lowest BCUT2D eigenvalue weighted by Gasteiger charge is -2.24. The number of methoxy groups -OCH3 is 1. The van der Waals surface area contributed by atoms with Gasteiger partial charge in [0.2, 0.25) is 0 Å². The lowest BCUT2D eigenvalue weighted by atomic mass is 9.80. The summed E-state index contributed by atoms with van der Waals surface area (Å²) in [5.74, 6) is -0.668. The minimum absolute atomic E-state index is 0.194. The van der Waals surface area contributed by atoms with Crippen LogP contribution in [-0.2, 0) is 28.0 Å². The van der Waals surface area contributed by atoms with E-state index in [2.05, 4.69) is 4.72 Å². The van der Waals surface area contributed by atoms with Gasteiger partial charge in [-0.05, 0) is 73.6 Å². The minimum Gasteiger partial charge on any atom is -0.497 e. The maximum atomic E-state index is 13.0. The largest absolute Gasteiger partial charge is 0.497 e. The van der Waals surface area contributed by atoms with Gasteiger partial charge in [0.25, 0.3) is 5.91 Å². The first kappa shape index (κ1) is 27.2. The van der Waals surface area contributed by atoms with Crippen LogP contribution in [0.25, 0.3) is 22.2 Å². The van der Waals surface area contributed by atoms with Crippen molar-refractivity contribution in [1.29, 1.82) is 0 Å². The van der Waals surface area contributed by atoms with Gasteiger partial charge < -0.3 is 14.4 Å². The molecule has 2 heterocycles. The summed E-state index contributed by atoms with van der Waals surface area (Å²) in [5, 5.41) is 11.3. The first-order valence-corrected chi connectivity index (χ1v) is 14.7. The highest BCUT2D eigenvalue weighted by molar-refractivity contribution is 7.87. The van der Waals surface area contributed by atoms with Gasteiger partial charge in [0, 0.05) is 42.7 Å². The van der Waals surface area contributed by atoms with Crippen LogP contribution in [-0.4, -0.2) is 55.5 Å². The zero-order valence-electron chi connectivity index (χ0n) is 22.8. The number of amides is 1. The van der Waals surface area contributed by atoms with Crippen LogP contribution in [0.4, 0.5) is 0 Å². The Bertz CT molecular complexity index is 1570. The molecule has 2 aromatic carbocycles. The van der Waals surface area contributed by atoms with Crippen molar-refractivity contribution in [2.45, 2.75) is 57.9 Å². The highest BCUT2D eigenvalue weighted by atomic mass is 32.2. The van der Waals surface area contributed by atoms with Gasteiger partial charge in [-0.1, -0.05) is 25.3 Å². The van der Waals surface area contributed by atoms with Gasteiger partial charge in [-0.3, -0.25) is 9.59 Å². The molecule has 0 radical (unpaired) electrons. The number of carbonyl (C=O) groups excluding carboxylic acids is 1. The number of carboxylic acid groups (broad SMARTS) is 1. The lowest BCUT2D eigenvalue weighted by molar-refractivity contribution is -0.148. The predicted octanol–water partition coefficient (Wildman–Crippen LogP) is 4.55. The first-order valence-electron chi connectivity index (χ1n) is 13.3. The Hall–Kier alpha value is -3.37. The molecule has 0 spiro atoms. The van der Waals surface area contributed by atoms with E-state index in [1.807, 2.05) is 28.8 Å². The van der Waals surface area contributed by atoms with Gasteiger partial charge in [-0.2, -0.15) is 12.7 Å². The molecular weight excluding hydrogens is 518 g/mol. The van der Waals surface area contributed by atoms with Gasteiger partial charge in [-0.25, -0.2) is 4.72 Å². The van der Waals surface area contributed by atoms with Crippen molar-refractivity contribution < 1.29 is 27.9 Å².